The van der Waals surface area contributed by atoms with E-state index >= 15 is 0 Å². The molecule has 3 nitrogen and oxygen atoms in total. The number of hydrogen-bond donors (Lipinski definition) is 0. The zero-order chi connectivity index (χ0) is 16.0. The van der Waals surface area contributed by atoms with Crippen LogP contribution in [0.1, 0.15) is 58.3 Å². The van der Waals surface area contributed by atoms with Gasteiger partial charge in [0.2, 0.25) is 0 Å². The lowest BCUT2D eigenvalue weighted by Crippen LogP contribution is -2.46. The third-order valence-corrected chi connectivity index (χ3v) is 7.22. The van der Waals surface area contributed by atoms with E-state index in [4.69, 9.17) is 4.74 Å². The van der Waals surface area contributed by atoms with Crippen LogP contribution < -0.4 is 0 Å². The van der Waals surface area contributed by atoms with Crippen LogP contribution in [0, 0.1) is 23.2 Å². The van der Waals surface area contributed by atoms with Crippen LogP contribution >= 0.6 is 0 Å². The molecule has 4 rings (SSSR count). The Balaban J connectivity index is 1.50. The lowest BCUT2D eigenvalue weighted by Gasteiger charge is -2.50. The van der Waals surface area contributed by atoms with E-state index in [1.165, 1.54) is 44.1 Å². The van der Waals surface area contributed by atoms with Gasteiger partial charge in [-0.25, -0.2) is 0 Å². The molecule has 23 heavy (non-hydrogen) atoms. The summed E-state index contributed by atoms with van der Waals surface area (Å²) in [5.41, 5.74) is 1.75. The van der Waals surface area contributed by atoms with Crippen molar-refractivity contribution >= 4 is 5.97 Å². The summed E-state index contributed by atoms with van der Waals surface area (Å²) < 4.78 is 5.87. The lowest BCUT2D eigenvalue weighted by atomic mass is 9.55. The molecule has 3 heteroatoms. The highest BCUT2D eigenvalue weighted by Gasteiger charge is 2.55. The second kappa shape index (κ2) is 5.91. The number of ether oxygens (including phenoxy) is 1. The molecular formula is C20H31NO2. The van der Waals surface area contributed by atoms with Crippen molar-refractivity contribution in [1.29, 1.82) is 0 Å². The Labute approximate surface area is 140 Å². The van der Waals surface area contributed by atoms with Gasteiger partial charge in [0, 0.05) is 12.5 Å². The average molecular weight is 317 g/mol. The first-order chi connectivity index (χ1) is 11.1. The molecule has 0 N–H and O–H groups in total. The molecule has 0 radical (unpaired) electrons. The molecule has 4 fully saturated rings. The number of carbonyl (C=O) groups excluding carboxylic acids is 1. The highest BCUT2D eigenvalue weighted by molar-refractivity contribution is 5.75. The number of carbonyl (C=O) groups is 1. The monoisotopic (exact) mass is 317 g/mol. The predicted octanol–water partition coefficient (Wildman–Crippen LogP) is 3.79. The Kier molecular flexibility index (Phi) is 4.03. The van der Waals surface area contributed by atoms with Crippen molar-refractivity contribution in [2.45, 2.75) is 64.4 Å². The number of nitrogens with zero attached hydrogens (tertiary/aromatic N) is 1. The smallest absolute Gasteiger partial charge is 0.310 e. The molecule has 2 heterocycles. The molecule has 0 aromatic heterocycles. The van der Waals surface area contributed by atoms with Gasteiger partial charge in [-0.15, -0.1) is 0 Å². The second-order valence-electron chi connectivity index (χ2n) is 8.77. The standard InChI is InChI=1S/C20H31NO2/c1-14-7-6-8-20(2)12-18-15(11-17(14)20)16(19(22)23-18)13-21-9-4-3-5-10-21/h15-18H,1,3-13H2,2H3/t15-,16+,17+,18-,20-/m0/s1. The van der Waals surface area contributed by atoms with Crippen LogP contribution in [0.2, 0.25) is 0 Å². The number of allylic oxidation sites excluding steroid dienone is 1. The van der Waals surface area contributed by atoms with Crippen molar-refractivity contribution in [3.05, 3.63) is 12.2 Å². The maximum Gasteiger partial charge on any atom is 0.310 e. The second-order valence-corrected chi connectivity index (χ2v) is 8.77. The third kappa shape index (κ3) is 2.75. The van der Waals surface area contributed by atoms with Gasteiger partial charge in [-0.2, -0.15) is 0 Å². The number of fused-ring (bicyclic) bond motifs is 2. The molecule has 5 atom stereocenters. The minimum absolute atomic E-state index is 0.0819. The Morgan fingerprint density at radius 1 is 1.26 bits per heavy atom. The summed E-state index contributed by atoms with van der Waals surface area (Å²) in [7, 11) is 0. The van der Waals surface area contributed by atoms with Crippen LogP contribution in [0.4, 0.5) is 0 Å². The first kappa shape index (κ1) is 15.7. The maximum absolute atomic E-state index is 12.5. The van der Waals surface area contributed by atoms with Crippen LogP contribution in [0.5, 0.6) is 0 Å². The first-order valence-corrected chi connectivity index (χ1v) is 9.67. The van der Waals surface area contributed by atoms with Crippen LogP contribution in [0.25, 0.3) is 0 Å². The van der Waals surface area contributed by atoms with Crippen LogP contribution in [0.3, 0.4) is 0 Å². The minimum atomic E-state index is 0.0819. The van der Waals surface area contributed by atoms with Crippen LogP contribution in [-0.4, -0.2) is 36.6 Å². The molecule has 2 aliphatic heterocycles. The van der Waals surface area contributed by atoms with Gasteiger partial charge >= 0.3 is 5.97 Å². The van der Waals surface area contributed by atoms with E-state index in [9.17, 15) is 4.79 Å². The Morgan fingerprint density at radius 2 is 2.04 bits per heavy atom. The Bertz CT molecular complexity index is 496. The summed E-state index contributed by atoms with van der Waals surface area (Å²) in [4.78, 5) is 15.0. The summed E-state index contributed by atoms with van der Waals surface area (Å²) in [6.45, 7) is 10.0. The van der Waals surface area contributed by atoms with Gasteiger partial charge in [0.25, 0.3) is 0 Å². The fourth-order valence-corrected chi connectivity index (χ4v) is 5.88. The molecule has 0 amide bonds. The molecule has 2 aliphatic carbocycles. The predicted molar refractivity (Wildman–Crippen MR) is 91.0 cm³/mol. The van der Waals surface area contributed by atoms with E-state index in [-0.39, 0.29) is 18.0 Å². The first-order valence-electron chi connectivity index (χ1n) is 9.67. The van der Waals surface area contributed by atoms with Crippen LogP contribution in [-0.2, 0) is 9.53 Å². The van der Waals surface area contributed by atoms with E-state index in [1.807, 2.05) is 0 Å². The molecule has 0 spiro atoms. The molecule has 2 saturated heterocycles. The minimum Gasteiger partial charge on any atom is -0.462 e. The lowest BCUT2D eigenvalue weighted by molar-refractivity contribution is -0.146. The maximum atomic E-state index is 12.5. The largest absolute Gasteiger partial charge is 0.462 e. The highest BCUT2D eigenvalue weighted by atomic mass is 16.6. The number of rotatable bonds is 2. The van der Waals surface area contributed by atoms with E-state index in [1.54, 1.807) is 0 Å². The van der Waals surface area contributed by atoms with Crippen molar-refractivity contribution in [2.24, 2.45) is 23.2 Å². The number of esters is 1. The summed E-state index contributed by atoms with van der Waals surface area (Å²) in [5.74, 6) is 1.23. The van der Waals surface area contributed by atoms with Crippen molar-refractivity contribution in [3.63, 3.8) is 0 Å². The van der Waals surface area contributed by atoms with Crippen molar-refractivity contribution in [3.8, 4) is 0 Å². The molecule has 2 saturated carbocycles. The van der Waals surface area contributed by atoms with Gasteiger partial charge in [-0.3, -0.25) is 4.79 Å². The van der Waals surface area contributed by atoms with Gasteiger partial charge in [0.15, 0.2) is 0 Å². The molecule has 128 valence electrons. The topological polar surface area (TPSA) is 29.5 Å². The molecule has 0 bridgehead atoms. The quantitative estimate of drug-likeness (QED) is 0.573. The zero-order valence-electron chi connectivity index (χ0n) is 14.6. The summed E-state index contributed by atoms with van der Waals surface area (Å²) >= 11 is 0. The molecular weight excluding hydrogens is 286 g/mol. The SMILES string of the molecule is C=C1CCC[C@@]2(C)C[C@@H]3OC(=O)[C@H](CN4CCCCC4)[C@@H]3C[C@H]12. The number of hydrogen-bond acceptors (Lipinski definition) is 3. The molecule has 4 aliphatic rings. The average Bonchev–Trinajstić information content (AvgIpc) is 2.81. The fourth-order valence-electron chi connectivity index (χ4n) is 5.88. The van der Waals surface area contributed by atoms with Gasteiger partial charge in [0.05, 0.1) is 5.92 Å². The number of piperidine rings is 1. The van der Waals surface area contributed by atoms with E-state index in [0.717, 1.165) is 32.5 Å². The van der Waals surface area contributed by atoms with Gasteiger partial charge < -0.3 is 9.64 Å². The molecule has 0 unspecified atom stereocenters. The molecule has 0 aromatic rings. The zero-order valence-corrected chi connectivity index (χ0v) is 14.6. The van der Waals surface area contributed by atoms with Gasteiger partial charge in [-0.05, 0) is 69.4 Å². The summed E-state index contributed by atoms with van der Waals surface area (Å²) in [5, 5.41) is 0. The van der Waals surface area contributed by atoms with Crippen molar-refractivity contribution < 1.29 is 9.53 Å². The van der Waals surface area contributed by atoms with Gasteiger partial charge in [-0.1, -0.05) is 25.5 Å². The highest BCUT2D eigenvalue weighted by Crippen LogP contribution is 2.56. The van der Waals surface area contributed by atoms with Crippen molar-refractivity contribution in [1.82, 2.24) is 4.90 Å². The third-order valence-electron chi connectivity index (χ3n) is 7.22. The Morgan fingerprint density at radius 3 is 2.83 bits per heavy atom. The Hall–Kier alpha value is -0.830. The summed E-state index contributed by atoms with van der Waals surface area (Å²) in [6.07, 6.45) is 9.99. The van der Waals surface area contributed by atoms with E-state index in [0.29, 0.717) is 17.3 Å². The van der Waals surface area contributed by atoms with E-state index in [2.05, 4.69) is 18.4 Å². The van der Waals surface area contributed by atoms with Crippen molar-refractivity contribution in [2.75, 3.05) is 19.6 Å². The normalized spacial score (nSPS) is 44.6. The van der Waals surface area contributed by atoms with Crippen LogP contribution in [0.15, 0.2) is 12.2 Å². The summed E-state index contributed by atoms with van der Waals surface area (Å²) in [6, 6.07) is 0. The number of likely N-dealkylation sites (tertiary alicyclic amines) is 1. The fraction of sp³-hybridized carbons (Fsp3) is 0.850. The van der Waals surface area contributed by atoms with E-state index < -0.39 is 0 Å². The molecule has 0 aromatic carbocycles. The van der Waals surface area contributed by atoms with Gasteiger partial charge in [0.1, 0.15) is 6.10 Å².